The van der Waals surface area contributed by atoms with Crippen molar-refractivity contribution in [2.45, 2.75) is 45.8 Å². The molecule has 0 saturated carbocycles. The molecule has 0 radical (unpaired) electrons. The fraction of sp³-hybridized carbons (Fsp3) is 0.588. The number of amides is 1. The van der Waals surface area contributed by atoms with E-state index in [0.717, 1.165) is 42.2 Å². The number of aliphatic hydroxyl groups is 1. The van der Waals surface area contributed by atoms with Gasteiger partial charge in [-0.1, -0.05) is 21.6 Å². The highest BCUT2D eigenvalue weighted by molar-refractivity contribution is 8.78. The van der Waals surface area contributed by atoms with Crippen molar-refractivity contribution < 1.29 is 33.9 Å². The summed E-state index contributed by atoms with van der Waals surface area (Å²) in [5.74, 6) is 1.87. The van der Waals surface area contributed by atoms with E-state index in [1.165, 1.54) is 0 Å². The summed E-state index contributed by atoms with van der Waals surface area (Å²) in [7, 11) is -1.35. The second kappa shape index (κ2) is 14.1. The molecule has 1 aromatic rings. The predicted molar refractivity (Wildman–Crippen MR) is 120 cm³/mol. The van der Waals surface area contributed by atoms with Gasteiger partial charge in [-0.3, -0.25) is 4.79 Å². The van der Waals surface area contributed by atoms with Crippen LogP contribution in [0.15, 0.2) is 16.8 Å². The van der Waals surface area contributed by atoms with Crippen LogP contribution in [0.4, 0.5) is 5.82 Å². The molecule has 1 aromatic heterocycles. The predicted octanol–water partition coefficient (Wildman–Crippen LogP) is 1.57. The molecular weight excluding hydrogens is 467 g/mol. The lowest BCUT2D eigenvalue weighted by molar-refractivity contribution is -0.116. The number of nitrogen functional groups attached to an aromatic ring is 1. The summed E-state index contributed by atoms with van der Waals surface area (Å²) in [5, 5.41) is 9.39. The number of nitrogens with two attached hydrogens (primary N) is 1. The molecule has 6 N–H and O–H groups in total. The third-order valence-corrected chi connectivity index (χ3v) is 6.79. The first-order valence-corrected chi connectivity index (χ1v) is 13.2. The summed E-state index contributed by atoms with van der Waals surface area (Å²) in [5.41, 5.74) is 7.44. The van der Waals surface area contributed by atoms with E-state index < -0.39 is 7.82 Å². The van der Waals surface area contributed by atoms with Crippen molar-refractivity contribution in [3.63, 3.8) is 0 Å². The second-order valence-corrected chi connectivity index (χ2v) is 10.0. The fourth-order valence-corrected chi connectivity index (χ4v) is 5.29. The number of allylic oxidation sites excluding steroid dienone is 1. The number of aliphatic hydroxyl groups excluding tert-OH is 1. The molecule has 0 aromatic carbocycles. The lowest BCUT2D eigenvalue weighted by Crippen LogP contribution is -2.22. The van der Waals surface area contributed by atoms with Gasteiger partial charge in [0.2, 0.25) is 6.41 Å². The number of hydrogen-bond acceptors (Lipinski definition) is 9. The zero-order valence-electron chi connectivity index (χ0n) is 17.4. The molecule has 1 unspecified atom stereocenters. The van der Waals surface area contributed by atoms with E-state index in [4.69, 9.17) is 29.7 Å². The molecule has 1 aliphatic rings. The van der Waals surface area contributed by atoms with Crippen molar-refractivity contribution in [2.75, 3.05) is 24.7 Å². The third kappa shape index (κ3) is 11.9. The number of nitrogens with zero attached hydrogens (tertiary/aromatic N) is 3. The Morgan fingerprint density at radius 1 is 1.45 bits per heavy atom. The molecule has 2 heterocycles. The van der Waals surface area contributed by atoms with Gasteiger partial charge in [0.05, 0.1) is 12.6 Å². The number of phosphoric acid groups is 1. The largest absolute Gasteiger partial charge is 0.466 e. The van der Waals surface area contributed by atoms with Gasteiger partial charge in [-0.15, -0.1) is 0 Å². The quantitative estimate of drug-likeness (QED) is 0.180. The van der Waals surface area contributed by atoms with Gasteiger partial charge in [-0.05, 0) is 26.7 Å². The molecule has 1 aliphatic heterocycles. The molecule has 0 bridgehead atoms. The van der Waals surface area contributed by atoms with Gasteiger partial charge < -0.3 is 35.2 Å². The summed E-state index contributed by atoms with van der Waals surface area (Å²) in [6.45, 7) is 4.82. The molecule has 11 nitrogen and oxygen atoms in total. The van der Waals surface area contributed by atoms with E-state index in [2.05, 4.69) is 9.97 Å². The summed E-state index contributed by atoms with van der Waals surface area (Å²) in [6.07, 6.45) is 5.43. The molecule has 31 heavy (non-hydrogen) atoms. The van der Waals surface area contributed by atoms with E-state index in [1.807, 2.05) is 6.92 Å². The SMILES string of the molecule is C/C(=C(/CCO)SSCC1CCCO1)N(C=O)Cc1cnc(C)nc1N.O=P(O)(O)O. The van der Waals surface area contributed by atoms with Crippen LogP contribution >= 0.6 is 29.4 Å². The van der Waals surface area contributed by atoms with E-state index >= 15 is 0 Å². The Kier molecular flexibility index (Phi) is 12.6. The molecule has 14 heteroatoms. The first-order chi connectivity index (χ1) is 14.5. The topological polar surface area (TPSA) is 179 Å². The first-order valence-electron chi connectivity index (χ1n) is 9.35. The summed E-state index contributed by atoms with van der Waals surface area (Å²) in [4.78, 5) is 44.0. The van der Waals surface area contributed by atoms with Crippen molar-refractivity contribution in [3.8, 4) is 0 Å². The van der Waals surface area contributed by atoms with Crippen LogP contribution in [0, 0.1) is 6.92 Å². The van der Waals surface area contributed by atoms with Gasteiger partial charge in [0, 0.05) is 47.7 Å². The Bertz CT molecular complexity index is 779. The van der Waals surface area contributed by atoms with E-state index in [0.29, 0.717) is 36.3 Å². The minimum Gasteiger partial charge on any atom is -0.396 e. The number of aromatic nitrogens is 2. The van der Waals surface area contributed by atoms with Gasteiger partial charge in [0.1, 0.15) is 11.6 Å². The summed E-state index contributed by atoms with van der Waals surface area (Å²) in [6, 6.07) is 0. The van der Waals surface area contributed by atoms with Crippen LogP contribution in [-0.4, -0.2) is 66.1 Å². The zero-order chi connectivity index (χ0) is 23.4. The Hall–Kier alpha value is -1.18. The minimum atomic E-state index is -4.64. The van der Waals surface area contributed by atoms with Gasteiger partial charge >= 0.3 is 7.82 Å². The molecule has 0 spiro atoms. The van der Waals surface area contributed by atoms with Crippen LogP contribution in [0.25, 0.3) is 0 Å². The fourth-order valence-electron chi connectivity index (χ4n) is 2.55. The van der Waals surface area contributed by atoms with Crippen molar-refractivity contribution in [3.05, 3.63) is 28.2 Å². The average molecular weight is 497 g/mol. The minimum absolute atomic E-state index is 0.0304. The first kappa shape index (κ1) is 27.9. The van der Waals surface area contributed by atoms with Crippen LogP contribution in [0.1, 0.15) is 37.6 Å². The number of anilines is 1. The van der Waals surface area contributed by atoms with Crippen LogP contribution < -0.4 is 5.73 Å². The maximum atomic E-state index is 11.6. The van der Waals surface area contributed by atoms with E-state index in [-0.39, 0.29) is 6.61 Å². The lowest BCUT2D eigenvalue weighted by atomic mass is 10.2. The van der Waals surface area contributed by atoms with Gasteiger partial charge in [0.15, 0.2) is 0 Å². The van der Waals surface area contributed by atoms with Gasteiger partial charge in [-0.25, -0.2) is 14.5 Å². The highest BCUT2D eigenvalue weighted by atomic mass is 33.1. The smallest absolute Gasteiger partial charge is 0.396 e. The number of hydrogen-bond donors (Lipinski definition) is 5. The van der Waals surface area contributed by atoms with Gasteiger partial charge in [-0.2, -0.15) is 0 Å². The molecule has 0 aliphatic carbocycles. The lowest BCUT2D eigenvalue weighted by Gasteiger charge is -2.22. The molecule has 1 amide bonds. The number of carbonyl (C=O) groups is 1. The summed E-state index contributed by atoms with van der Waals surface area (Å²) < 4.78 is 14.5. The van der Waals surface area contributed by atoms with Crippen LogP contribution in [-0.2, 0) is 20.6 Å². The second-order valence-electron chi connectivity index (χ2n) is 6.56. The average Bonchev–Trinajstić information content (AvgIpc) is 3.18. The normalized spacial score (nSPS) is 16.9. The Labute approximate surface area is 189 Å². The van der Waals surface area contributed by atoms with E-state index in [9.17, 15) is 9.90 Å². The molecule has 1 fully saturated rings. The van der Waals surface area contributed by atoms with Crippen LogP contribution in [0.2, 0.25) is 0 Å². The molecule has 1 saturated heterocycles. The van der Waals surface area contributed by atoms with Crippen LogP contribution in [0.3, 0.4) is 0 Å². The van der Waals surface area contributed by atoms with E-state index in [1.54, 1.807) is 39.6 Å². The maximum absolute atomic E-state index is 11.6. The number of ether oxygens (including phenoxy) is 1. The van der Waals surface area contributed by atoms with Crippen molar-refractivity contribution >= 4 is 41.6 Å². The number of aryl methyl sites for hydroxylation is 1. The molecular formula is C17H29N4O7PS2. The van der Waals surface area contributed by atoms with Crippen molar-refractivity contribution in [1.82, 2.24) is 14.9 Å². The Morgan fingerprint density at radius 3 is 2.65 bits per heavy atom. The van der Waals surface area contributed by atoms with Crippen LogP contribution in [0.5, 0.6) is 0 Å². The van der Waals surface area contributed by atoms with Crippen molar-refractivity contribution in [2.24, 2.45) is 0 Å². The third-order valence-electron chi connectivity index (χ3n) is 4.10. The molecule has 2 rings (SSSR count). The number of carbonyl (C=O) groups excluding carboxylic acids is 1. The highest BCUT2D eigenvalue weighted by Gasteiger charge is 2.18. The molecule has 1 atom stereocenters. The van der Waals surface area contributed by atoms with Gasteiger partial charge in [0.25, 0.3) is 0 Å². The standard InChI is InChI=1S/C17H26N4O3S2.H3O4P/c1-12(16(5-6-22)26-25-10-15-4-3-7-24-15)21(11-23)9-14-8-19-13(2)20-17(14)18;1-5(2,3)4/h8,11,15,22H,3-7,9-10H2,1-2H3,(H2,18,19,20);(H3,1,2,3,4)/b16-12+;. The highest BCUT2D eigenvalue weighted by Crippen LogP contribution is 2.37. The summed E-state index contributed by atoms with van der Waals surface area (Å²) >= 11 is 0. The Morgan fingerprint density at radius 2 is 2.13 bits per heavy atom. The maximum Gasteiger partial charge on any atom is 0.466 e. The number of rotatable bonds is 10. The monoisotopic (exact) mass is 496 g/mol. The molecule has 176 valence electrons. The zero-order valence-corrected chi connectivity index (χ0v) is 19.9. The Balaban J connectivity index is 0.000000861. The van der Waals surface area contributed by atoms with Crippen molar-refractivity contribution in [1.29, 1.82) is 0 Å².